The predicted molar refractivity (Wildman–Crippen MR) is 71.1 cm³/mol. The van der Waals surface area contributed by atoms with Gasteiger partial charge in [-0.25, -0.2) is 0 Å². The van der Waals surface area contributed by atoms with Crippen LogP contribution in [0, 0.1) is 0 Å². The van der Waals surface area contributed by atoms with Crippen molar-refractivity contribution in [2.45, 2.75) is 58.8 Å². The predicted octanol–water partition coefficient (Wildman–Crippen LogP) is 5.43. The van der Waals surface area contributed by atoms with Crippen molar-refractivity contribution >= 4 is 0 Å². The number of rotatable bonds is 9. The average Bonchev–Trinajstić information content (AvgIpc) is 2.26. The van der Waals surface area contributed by atoms with Crippen molar-refractivity contribution in [1.29, 1.82) is 0 Å². The van der Waals surface area contributed by atoms with Crippen molar-refractivity contribution in [2.24, 2.45) is 0 Å². The number of allylic oxidation sites excluding steroid dienone is 6. The molecule has 0 fully saturated rings. The minimum Gasteiger partial charge on any atom is -0.0885 e. The van der Waals surface area contributed by atoms with Crippen LogP contribution in [0.25, 0.3) is 0 Å². The third-order valence-corrected chi connectivity index (χ3v) is 2.18. The summed E-state index contributed by atoms with van der Waals surface area (Å²) in [6.07, 6.45) is 22.1. The molecule has 0 amide bonds. The van der Waals surface area contributed by atoms with Gasteiger partial charge in [0.15, 0.2) is 0 Å². The molecule has 86 valence electrons. The van der Waals surface area contributed by atoms with Gasteiger partial charge in [-0.15, -0.1) is 0 Å². The molecule has 0 aromatic carbocycles. The first-order chi connectivity index (χ1) is 7.41. The van der Waals surface area contributed by atoms with Gasteiger partial charge in [0.1, 0.15) is 0 Å². The van der Waals surface area contributed by atoms with Crippen LogP contribution in [0.3, 0.4) is 0 Å². The van der Waals surface area contributed by atoms with Gasteiger partial charge in [0.2, 0.25) is 0 Å². The van der Waals surface area contributed by atoms with Gasteiger partial charge in [-0.2, -0.15) is 0 Å². The summed E-state index contributed by atoms with van der Waals surface area (Å²) in [5.74, 6) is 0. The van der Waals surface area contributed by atoms with Crippen LogP contribution in [-0.4, -0.2) is 0 Å². The van der Waals surface area contributed by atoms with E-state index in [1.807, 2.05) is 0 Å². The molecule has 0 heterocycles. The number of unbranched alkanes of at least 4 members (excludes halogenated alkanes) is 3. The third kappa shape index (κ3) is 13.2. The summed E-state index contributed by atoms with van der Waals surface area (Å²) in [4.78, 5) is 0. The second-order valence-corrected chi connectivity index (χ2v) is 3.80. The van der Waals surface area contributed by atoms with Crippen LogP contribution in [0.2, 0.25) is 0 Å². The SMILES string of the molecule is CCCC=CCC=CCCC=CCCC. The second-order valence-electron chi connectivity index (χ2n) is 3.80. The Morgan fingerprint density at radius 3 is 1.47 bits per heavy atom. The first kappa shape index (κ1) is 14.2. The van der Waals surface area contributed by atoms with Crippen LogP contribution in [0.1, 0.15) is 58.8 Å². The van der Waals surface area contributed by atoms with Crippen molar-refractivity contribution in [3.63, 3.8) is 0 Å². The molecule has 0 aliphatic heterocycles. The molecule has 0 bridgehead atoms. The molecule has 15 heavy (non-hydrogen) atoms. The Labute approximate surface area is 95.8 Å². The largest absolute Gasteiger partial charge is 0.0885 e. The van der Waals surface area contributed by atoms with E-state index in [0.717, 1.165) is 6.42 Å². The van der Waals surface area contributed by atoms with Crippen molar-refractivity contribution in [3.05, 3.63) is 36.5 Å². The highest BCUT2D eigenvalue weighted by atomic mass is 13.8. The van der Waals surface area contributed by atoms with Crippen LogP contribution in [-0.2, 0) is 0 Å². The summed E-state index contributed by atoms with van der Waals surface area (Å²) < 4.78 is 0. The molecular formula is C15H26. The van der Waals surface area contributed by atoms with Gasteiger partial charge in [-0.1, -0.05) is 63.1 Å². The van der Waals surface area contributed by atoms with Gasteiger partial charge in [0.25, 0.3) is 0 Å². The summed E-state index contributed by atoms with van der Waals surface area (Å²) in [5.41, 5.74) is 0. The van der Waals surface area contributed by atoms with E-state index in [9.17, 15) is 0 Å². The Hall–Kier alpha value is -0.780. The second kappa shape index (κ2) is 13.2. The minimum atomic E-state index is 1.10. The lowest BCUT2D eigenvalue weighted by molar-refractivity contribution is 0.942. The molecule has 0 rings (SSSR count). The molecular weight excluding hydrogens is 180 g/mol. The summed E-state index contributed by atoms with van der Waals surface area (Å²) >= 11 is 0. The smallest absolute Gasteiger partial charge is 0.0169 e. The molecule has 0 unspecified atom stereocenters. The van der Waals surface area contributed by atoms with E-state index in [1.54, 1.807) is 0 Å². The lowest BCUT2D eigenvalue weighted by Gasteiger charge is -1.88. The summed E-state index contributed by atoms with van der Waals surface area (Å²) in [6, 6.07) is 0. The molecule has 0 aliphatic carbocycles. The molecule has 0 heteroatoms. The maximum absolute atomic E-state index is 2.29. The molecule has 0 aliphatic rings. The van der Waals surface area contributed by atoms with Gasteiger partial charge < -0.3 is 0 Å². The van der Waals surface area contributed by atoms with E-state index < -0.39 is 0 Å². The lowest BCUT2D eigenvalue weighted by Crippen LogP contribution is -1.67. The third-order valence-electron chi connectivity index (χ3n) is 2.18. The zero-order chi connectivity index (χ0) is 11.2. The molecule has 0 atom stereocenters. The van der Waals surface area contributed by atoms with Gasteiger partial charge in [0, 0.05) is 0 Å². The van der Waals surface area contributed by atoms with Gasteiger partial charge >= 0.3 is 0 Å². The molecule has 0 saturated heterocycles. The van der Waals surface area contributed by atoms with E-state index in [0.29, 0.717) is 0 Å². The average molecular weight is 206 g/mol. The topological polar surface area (TPSA) is 0 Å². The zero-order valence-corrected chi connectivity index (χ0v) is 10.4. The van der Waals surface area contributed by atoms with Gasteiger partial charge in [-0.3, -0.25) is 0 Å². The van der Waals surface area contributed by atoms with Crippen LogP contribution in [0.15, 0.2) is 36.5 Å². The van der Waals surface area contributed by atoms with Crippen molar-refractivity contribution in [2.75, 3.05) is 0 Å². The monoisotopic (exact) mass is 206 g/mol. The normalized spacial score (nSPS) is 12.4. The van der Waals surface area contributed by atoms with E-state index in [4.69, 9.17) is 0 Å². The maximum Gasteiger partial charge on any atom is -0.0169 e. The summed E-state index contributed by atoms with van der Waals surface area (Å²) in [7, 11) is 0. The highest BCUT2D eigenvalue weighted by Gasteiger charge is 1.77. The highest BCUT2D eigenvalue weighted by Crippen LogP contribution is 1.98. The molecule has 0 saturated carbocycles. The van der Waals surface area contributed by atoms with Crippen molar-refractivity contribution in [1.82, 2.24) is 0 Å². The highest BCUT2D eigenvalue weighted by molar-refractivity contribution is 4.94. The van der Waals surface area contributed by atoms with E-state index >= 15 is 0 Å². The molecule has 0 aromatic heterocycles. The van der Waals surface area contributed by atoms with E-state index in [2.05, 4.69) is 50.3 Å². The van der Waals surface area contributed by atoms with Crippen LogP contribution in [0.4, 0.5) is 0 Å². The Balaban J connectivity index is 3.24. The van der Waals surface area contributed by atoms with E-state index in [-0.39, 0.29) is 0 Å². The van der Waals surface area contributed by atoms with Crippen LogP contribution >= 0.6 is 0 Å². The van der Waals surface area contributed by atoms with Gasteiger partial charge in [-0.05, 0) is 32.1 Å². The Morgan fingerprint density at radius 2 is 0.933 bits per heavy atom. The summed E-state index contributed by atoms with van der Waals surface area (Å²) in [6.45, 7) is 4.43. The quantitative estimate of drug-likeness (QED) is 0.349. The Kier molecular flexibility index (Phi) is 12.5. The molecule has 0 N–H and O–H groups in total. The minimum absolute atomic E-state index is 1.10. The fourth-order valence-electron chi connectivity index (χ4n) is 1.27. The maximum atomic E-state index is 2.29. The van der Waals surface area contributed by atoms with Crippen molar-refractivity contribution < 1.29 is 0 Å². The molecule has 0 radical (unpaired) electrons. The fourth-order valence-corrected chi connectivity index (χ4v) is 1.27. The summed E-state index contributed by atoms with van der Waals surface area (Å²) in [5, 5.41) is 0. The van der Waals surface area contributed by atoms with Crippen molar-refractivity contribution in [3.8, 4) is 0 Å². The van der Waals surface area contributed by atoms with Crippen LogP contribution < -0.4 is 0 Å². The molecule has 0 spiro atoms. The molecule has 0 aromatic rings. The molecule has 0 nitrogen and oxygen atoms in total. The lowest BCUT2D eigenvalue weighted by atomic mass is 10.2. The zero-order valence-electron chi connectivity index (χ0n) is 10.4. The van der Waals surface area contributed by atoms with E-state index in [1.165, 1.54) is 38.5 Å². The Morgan fingerprint density at radius 1 is 0.533 bits per heavy atom. The standard InChI is InChI=1S/C15H26/c1-3-5-7-9-11-13-15-14-12-10-8-6-4-2/h7-10,13,15H,3-6,11-12,14H2,1-2H3. The first-order valence-electron chi connectivity index (χ1n) is 6.36. The number of hydrogen-bond acceptors (Lipinski definition) is 0. The van der Waals surface area contributed by atoms with Crippen LogP contribution in [0.5, 0.6) is 0 Å². The Bertz CT molecular complexity index is 184. The number of hydrogen-bond donors (Lipinski definition) is 0. The first-order valence-corrected chi connectivity index (χ1v) is 6.36. The van der Waals surface area contributed by atoms with Gasteiger partial charge in [0.05, 0.1) is 0 Å². The fraction of sp³-hybridized carbons (Fsp3) is 0.600.